The molecular formula is C27H27FN4O4S. The Morgan fingerprint density at radius 2 is 1.65 bits per heavy atom. The molecule has 0 aliphatic rings. The predicted molar refractivity (Wildman–Crippen MR) is 138 cm³/mol. The molecular weight excluding hydrogens is 495 g/mol. The average molecular weight is 523 g/mol. The molecule has 0 aliphatic heterocycles. The molecule has 0 unspecified atom stereocenters. The fraction of sp³-hybridized carbons (Fsp3) is 0.222. The third-order valence-corrected chi connectivity index (χ3v) is 6.92. The van der Waals surface area contributed by atoms with Crippen LogP contribution in [0.2, 0.25) is 0 Å². The monoisotopic (exact) mass is 522 g/mol. The van der Waals surface area contributed by atoms with Crippen LogP contribution in [0.4, 0.5) is 10.1 Å². The highest BCUT2D eigenvalue weighted by Gasteiger charge is 2.26. The van der Waals surface area contributed by atoms with Gasteiger partial charge in [-0.3, -0.25) is 9.59 Å². The lowest BCUT2D eigenvalue weighted by Gasteiger charge is -2.21. The van der Waals surface area contributed by atoms with Crippen molar-refractivity contribution in [2.75, 3.05) is 5.32 Å². The summed E-state index contributed by atoms with van der Waals surface area (Å²) in [6, 6.07) is 18.7. The van der Waals surface area contributed by atoms with E-state index in [9.17, 15) is 27.7 Å². The maximum absolute atomic E-state index is 13.3. The second kappa shape index (κ2) is 11.3. The summed E-state index contributed by atoms with van der Waals surface area (Å²) in [5, 5.41) is 14.9. The SMILES string of the molecule is CC(C)(C)NS(=O)(=O)c1ccc(NC(=O)[C@H](Cc2ccccc2)NC(=O)c2ccc(F)cc2)cc1C#N. The molecule has 3 N–H and O–H groups in total. The minimum Gasteiger partial charge on any atom is -0.340 e. The third kappa shape index (κ3) is 7.70. The van der Waals surface area contributed by atoms with Crippen LogP contribution in [0.15, 0.2) is 77.7 Å². The first-order chi connectivity index (χ1) is 17.4. The summed E-state index contributed by atoms with van der Waals surface area (Å²) in [6.07, 6.45) is 0.159. The Kier molecular flexibility index (Phi) is 8.42. The Balaban J connectivity index is 1.85. The molecule has 0 saturated carbocycles. The van der Waals surface area contributed by atoms with Crippen molar-refractivity contribution in [1.29, 1.82) is 5.26 Å². The molecule has 0 fully saturated rings. The standard InChI is InChI=1S/C27H27FN4O4S/c1-27(2,3)32-37(35,36)24-14-13-22(16-20(24)17-29)30-26(34)23(15-18-7-5-4-6-8-18)31-25(33)19-9-11-21(28)12-10-19/h4-14,16,23,32H,15H2,1-3H3,(H,30,34)(H,31,33)/t23-/m0/s1. The minimum absolute atomic E-state index is 0.149. The molecule has 10 heteroatoms. The van der Waals surface area contributed by atoms with Crippen LogP contribution >= 0.6 is 0 Å². The van der Waals surface area contributed by atoms with E-state index in [1.165, 1.54) is 30.3 Å². The van der Waals surface area contributed by atoms with Crippen molar-refractivity contribution in [3.8, 4) is 6.07 Å². The van der Waals surface area contributed by atoms with Gasteiger partial charge in [0.1, 0.15) is 17.9 Å². The summed E-state index contributed by atoms with van der Waals surface area (Å²) in [5.74, 6) is -1.64. The summed E-state index contributed by atoms with van der Waals surface area (Å²) >= 11 is 0. The molecule has 0 bridgehead atoms. The van der Waals surface area contributed by atoms with Crippen molar-refractivity contribution >= 4 is 27.5 Å². The number of sulfonamides is 1. The number of anilines is 1. The number of hydrogen-bond acceptors (Lipinski definition) is 5. The van der Waals surface area contributed by atoms with Gasteiger partial charge in [-0.15, -0.1) is 0 Å². The molecule has 3 aromatic carbocycles. The number of nitrogens with zero attached hydrogens (tertiary/aromatic N) is 1. The zero-order valence-electron chi connectivity index (χ0n) is 20.6. The fourth-order valence-corrected chi connectivity index (χ4v) is 5.08. The maximum Gasteiger partial charge on any atom is 0.251 e. The fourth-order valence-electron chi connectivity index (χ4n) is 3.52. The molecule has 37 heavy (non-hydrogen) atoms. The van der Waals surface area contributed by atoms with Crippen LogP contribution < -0.4 is 15.4 Å². The Morgan fingerprint density at radius 3 is 2.24 bits per heavy atom. The lowest BCUT2D eigenvalue weighted by atomic mass is 10.0. The van der Waals surface area contributed by atoms with Gasteiger partial charge >= 0.3 is 0 Å². The maximum atomic E-state index is 13.3. The van der Waals surface area contributed by atoms with Crippen molar-refractivity contribution in [3.63, 3.8) is 0 Å². The molecule has 192 valence electrons. The molecule has 0 saturated heterocycles. The van der Waals surface area contributed by atoms with Gasteiger partial charge in [-0.1, -0.05) is 30.3 Å². The van der Waals surface area contributed by atoms with E-state index in [1.807, 2.05) is 12.1 Å². The quantitative estimate of drug-likeness (QED) is 0.415. The second-order valence-corrected chi connectivity index (χ2v) is 11.0. The van der Waals surface area contributed by atoms with Gasteiger partial charge in [0.25, 0.3) is 5.91 Å². The van der Waals surface area contributed by atoms with E-state index < -0.39 is 39.2 Å². The zero-order valence-corrected chi connectivity index (χ0v) is 21.4. The van der Waals surface area contributed by atoms with Crippen LogP contribution in [0.5, 0.6) is 0 Å². The van der Waals surface area contributed by atoms with Gasteiger partial charge in [-0.25, -0.2) is 17.5 Å². The molecule has 0 aromatic heterocycles. The molecule has 0 heterocycles. The number of amides is 2. The molecule has 3 rings (SSSR count). The molecule has 2 amide bonds. The van der Waals surface area contributed by atoms with Crippen molar-refractivity contribution in [2.24, 2.45) is 0 Å². The highest BCUT2D eigenvalue weighted by molar-refractivity contribution is 7.89. The largest absolute Gasteiger partial charge is 0.340 e. The number of carbonyl (C=O) groups is 2. The molecule has 0 radical (unpaired) electrons. The Labute approximate surface area is 215 Å². The van der Waals surface area contributed by atoms with Gasteiger partial charge in [0.05, 0.1) is 10.5 Å². The molecule has 8 nitrogen and oxygen atoms in total. The molecule has 0 spiro atoms. The van der Waals surface area contributed by atoms with E-state index in [2.05, 4.69) is 15.4 Å². The van der Waals surface area contributed by atoms with Gasteiger partial charge < -0.3 is 10.6 Å². The first kappa shape index (κ1) is 27.5. The molecule has 0 aliphatic carbocycles. The Bertz CT molecular complexity index is 1430. The number of halogens is 1. The van der Waals surface area contributed by atoms with Gasteiger partial charge in [0.2, 0.25) is 15.9 Å². The van der Waals surface area contributed by atoms with Crippen LogP contribution in [0.25, 0.3) is 0 Å². The van der Waals surface area contributed by atoms with Crippen LogP contribution in [-0.2, 0) is 21.2 Å². The third-order valence-electron chi connectivity index (χ3n) is 5.11. The Morgan fingerprint density at radius 1 is 1.00 bits per heavy atom. The molecule has 1 atom stereocenters. The summed E-state index contributed by atoms with van der Waals surface area (Å²) in [4.78, 5) is 25.7. The van der Waals surface area contributed by atoms with Crippen LogP contribution in [-0.4, -0.2) is 31.8 Å². The van der Waals surface area contributed by atoms with Crippen LogP contribution in [0.3, 0.4) is 0 Å². The number of rotatable bonds is 8. The number of benzene rings is 3. The number of nitriles is 1. The van der Waals surface area contributed by atoms with Gasteiger partial charge in [0, 0.05) is 23.2 Å². The van der Waals surface area contributed by atoms with E-state index in [4.69, 9.17) is 0 Å². The smallest absolute Gasteiger partial charge is 0.251 e. The minimum atomic E-state index is -3.98. The van der Waals surface area contributed by atoms with Gasteiger partial charge in [-0.05, 0) is 68.8 Å². The topological polar surface area (TPSA) is 128 Å². The van der Waals surface area contributed by atoms with E-state index in [0.717, 1.165) is 17.7 Å². The summed E-state index contributed by atoms with van der Waals surface area (Å²) < 4.78 is 41.2. The zero-order chi connectivity index (χ0) is 27.2. The highest BCUT2D eigenvalue weighted by Crippen LogP contribution is 2.22. The lowest BCUT2D eigenvalue weighted by molar-refractivity contribution is -0.118. The summed E-state index contributed by atoms with van der Waals surface area (Å²) in [7, 11) is -3.98. The summed E-state index contributed by atoms with van der Waals surface area (Å²) in [5.41, 5.74) is 0.246. The van der Waals surface area contributed by atoms with Crippen molar-refractivity contribution < 1.29 is 22.4 Å². The number of nitrogens with one attached hydrogen (secondary N) is 3. The van der Waals surface area contributed by atoms with Crippen molar-refractivity contribution in [1.82, 2.24) is 10.0 Å². The number of carbonyl (C=O) groups excluding carboxylic acids is 2. The molecule has 3 aromatic rings. The Hall–Kier alpha value is -4.07. The van der Waals surface area contributed by atoms with Gasteiger partial charge in [0.15, 0.2) is 0 Å². The first-order valence-electron chi connectivity index (χ1n) is 11.4. The average Bonchev–Trinajstić information content (AvgIpc) is 2.83. The predicted octanol–water partition coefficient (Wildman–Crippen LogP) is 3.75. The van der Waals surface area contributed by atoms with E-state index in [-0.39, 0.29) is 28.1 Å². The van der Waals surface area contributed by atoms with Crippen molar-refractivity contribution in [2.45, 2.75) is 43.7 Å². The van der Waals surface area contributed by atoms with Crippen LogP contribution in [0.1, 0.15) is 42.3 Å². The normalized spacial score (nSPS) is 12.3. The van der Waals surface area contributed by atoms with Crippen LogP contribution in [0, 0.1) is 17.1 Å². The van der Waals surface area contributed by atoms with Crippen molar-refractivity contribution in [3.05, 3.63) is 95.3 Å². The first-order valence-corrected chi connectivity index (χ1v) is 12.9. The highest BCUT2D eigenvalue weighted by atomic mass is 32.2. The van der Waals surface area contributed by atoms with E-state index >= 15 is 0 Å². The summed E-state index contributed by atoms with van der Waals surface area (Å²) in [6.45, 7) is 5.04. The second-order valence-electron chi connectivity index (χ2n) is 9.39. The van der Waals surface area contributed by atoms with E-state index in [1.54, 1.807) is 45.0 Å². The van der Waals surface area contributed by atoms with E-state index in [0.29, 0.717) is 0 Å². The number of hydrogen-bond donors (Lipinski definition) is 3. The lowest BCUT2D eigenvalue weighted by Crippen LogP contribution is -2.45. The van der Waals surface area contributed by atoms with Gasteiger partial charge in [-0.2, -0.15) is 5.26 Å².